The molecule has 0 unspecified atom stereocenters. The number of ether oxygens (including phenoxy) is 1. The molecule has 1 aliphatic rings. The van der Waals surface area contributed by atoms with E-state index in [1.165, 1.54) is 0 Å². The van der Waals surface area contributed by atoms with Crippen molar-refractivity contribution < 1.29 is 9.53 Å². The third kappa shape index (κ3) is 1.37. The van der Waals surface area contributed by atoms with E-state index in [0.29, 0.717) is 17.9 Å². The number of hydrogen-bond donors (Lipinski definition) is 1. The molecule has 1 aromatic rings. The molecule has 0 saturated carbocycles. The van der Waals surface area contributed by atoms with Crippen LogP contribution in [0.15, 0.2) is 18.2 Å². The Morgan fingerprint density at radius 3 is 2.87 bits per heavy atom. The van der Waals surface area contributed by atoms with Crippen LogP contribution in [0.25, 0.3) is 0 Å². The second kappa shape index (κ2) is 3.55. The van der Waals surface area contributed by atoms with Crippen molar-refractivity contribution in [1.29, 1.82) is 0 Å². The van der Waals surface area contributed by atoms with Gasteiger partial charge in [-0.1, -0.05) is 6.07 Å². The SMILES string of the molecule is COc1ccc2c(c1)C(=O)N(C)[C@@H]2CN. The minimum absolute atomic E-state index is 0.00148. The number of nitrogens with two attached hydrogens (primary N) is 1. The molecule has 0 fully saturated rings. The van der Waals surface area contributed by atoms with E-state index >= 15 is 0 Å². The minimum Gasteiger partial charge on any atom is -0.497 e. The predicted molar refractivity (Wildman–Crippen MR) is 56.9 cm³/mol. The molecule has 0 spiro atoms. The van der Waals surface area contributed by atoms with Crippen molar-refractivity contribution in [2.45, 2.75) is 6.04 Å². The number of carbonyl (C=O) groups excluding carboxylic acids is 1. The van der Waals surface area contributed by atoms with Crippen LogP contribution in [0.5, 0.6) is 5.75 Å². The van der Waals surface area contributed by atoms with E-state index in [1.54, 1.807) is 25.1 Å². The Bertz CT molecular complexity index is 404. The molecule has 15 heavy (non-hydrogen) atoms. The van der Waals surface area contributed by atoms with Crippen molar-refractivity contribution in [2.24, 2.45) is 5.73 Å². The highest BCUT2D eigenvalue weighted by atomic mass is 16.5. The van der Waals surface area contributed by atoms with Crippen LogP contribution in [-0.2, 0) is 0 Å². The van der Waals surface area contributed by atoms with Crippen molar-refractivity contribution >= 4 is 5.91 Å². The first-order valence-corrected chi connectivity index (χ1v) is 4.84. The van der Waals surface area contributed by atoms with Gasteiger partial charge in [-0.25, -0.2) is 0 Å². The van der Waals surface area contributed by atoms with Gasteiger partial charge in [-0.2, -0.15) is 0 Å². The molecule has 0 saturated heterocycles. The van der Waals surface area contributed by atoms with E-state index in [4.69, 9.17) is 10.5 Å². The van der Waals surface area contributed by atoms with Gasteiger partial charge >= 0.3 is 0 Å². The summed E-state index contributed by atoms with van der Waals surface area (Å²) in [5.74, 6) is 0.715. The Labute approximate surface area is 88.6 Å². The Kier molecular flexibility index (Phi) is 2.36. The summed E-state index contributed by atoms with van der Waals surface area (Å²) >= 11 is 0. The first kappa shape index (κ1) is 9.98. The van der Waals surface area contributed by atoms with Gasteiger partial charge in [0.2, 0.25) is 0 Å². The molecule has 0 bridgehead atoms. The molecule has 1 atom stereocenters. The predicted octanol–water partition coefficient (Wildman–Crippen LogP) is 0.781. The normalized spacial score (nSPS) is 19.3. The van der Waals surface area contributed by atoms with Crippen molar-refractivity contribution in [2.75, 3.05) is 20.7 Å². The quantitative estimate of drug-likeness (QED) is 0.778. The fourth-order valence-electron chi connectivity index (χ4n) is 1.96. The smallest absolute Gasteiger partial charge is 0.254 e. The number of methoxy groups -OCH3 is 1. The molecular formula is C11H14N2O2. The molecule has 1 heterocycles. The first-order chi connectivity index (χ1) is 7.19. The van der Waals surface area contributed by atoms with Gasteiger partial charge in [-0.15, -0.1) is 0 Å². The number of fused-ring (bicyclic) bond motifs is 1. The van der Waals surface area contributed by atoms with Gasteiger partial charge < -0.3 is 15.4 Å². The number of carbonyl (C=O) groups is 1. The van der Waals surface area contributed by atoms with E-state index in [9.17, 15) is 4.79 Å². The number of hydrogen-bond acceptors (Lipinski definition) is 3. The molecule has 4 nitrogen and oxygen atoms in total. The zero-order chi connectivity index (χ0) is 11.0. The lowest BCUT2D eigenvalue weighted by Gasteiger charge is -2.18. The summed E-state index contributed by atoms with van der Waals surface area (Å²) in [6.45, 7) is 0.446. The highest BCUT2D eigenvalue weighted by molar-refractivity contribution is 5.99. The number of nitrogens with zero attached hydrogens (tertiary/aromatic N) is 1. The topological polar surface area (TPSA) is 55.6 Å². The standard InChI is InChI=1S/C11H14N2O2/c1-13-10(6-12)8-4-3-7(15-2)5-9(8)11(13)14/h3-5,10H,6,12H2,1-2H3/t10-/m1/s1. The fraction of sp³-hybridized carbons (Fsp3) is 0.364. The summed E-state index contributed by atoms with van der Waals surface area (Å²) < 4.78 is 5.09. The molecule has 2 N–H and O–H groups in total. The van der Waals surface area contributed by atoms with Crippen LogP contribution in [-0.4, -0.2) is 31.5 Å². The average molecular weight is 206 g/mol. The molecular weight excluding hydrogens is 192 g/mol. The molecule has 2 rings (SSSR count). The summed E-state index contributed by atoms with van der Waals surface area (Å²) in [5, 5.41) is 0. The van der Waals surface area contributed by atoms with Crippen molar-refractivity contribution in [3.8, 4) is 5.75 Å². The van der Waals surface area contributed by atoms with Gasteiger partial charge in [0, 0.05) is 19.2 Å². The van der Waals surface area contributed by atoms with Crippen LogP contribution in [0, 0.1) is 0 Å². The second-order valence-corrected chi connectivity index (χ2v) is 3.62. The van der Waals surface area contributed by atoms with Crippen LogP contribution in [0.1, 0.15) is 22.0 Å². The lowest BCUT2D eigenvalue weighted by Crippen LogP contribution is -2.28. The Hall–Kier alpha value is -1.55. The number of amides is 1. The van der Waals surface area contributed by atoms with Crippen LogP contribution >= 0.6 is 0 Å². The Morgan fingerprint density at radius 1 is 1.53 bits per heavy atom. The highest BCUT2D eigenvalue weighted by Crippen LogP contribution is 2.33. The van der Waals surface area contributed by atoms with E-state index in [0.717, 1.165) is 5.56 Å². The van der Waals surface area contributed by atoms with Gasteiger partial charge in [-0.05, 0) is 17.7 Å². The molecule has 1 aromatic carbocycles. The summed E-state index contributed by atoms with van der Waals surface area (Å²) in [6, 6.07) is 5.53. The van der Waals surface area contributed by atoms with E-state index in [-0.39, 0.29) is 11.9 Å². The first-order valence-electron chi connectivity index (χ1n) is 4.84. The van der Waals surface area contributed by atoms with Crippen molar-refractivity contribution in [3.63, 3.8) is 0 Å². The monoisotopic (exact) mass is 206 g/mol. The molecule has 1 amide bonds. The zero-order valence-corrected chi connectivity index (χ0v) is 8.86. The molecule has 0 radical (unpaired) electrons. The van der Waals surface area contributed by atoms with Crippen LogP contribution in [0.4, 0.5) is 0 Å². The third-order valence-corrected chi connectivity index (χ3v) is 2.86. The van der Waals surface area contributed by atoms with Crippen molar-refractivity contribution in [1.82, 2.24) is 4.90 Å². The van der Waals surface area contributed by atoms with Gasteiger partial charge in [0.1, 0.15) is 5.75 Å². The van der Waals surface area contributed by atoms with Gasteiger partial charge in [-0.3, -0.25) is 4.79 Å². The Morgan fingerprint density at radius 2 is 2.27 bits per heavy atom. The highest BCUT2D eigenvalue weighted by Gasteiger charge is 2.33. The third-order valence-electron chi connectivity index (χ3n) is 2.86. The lowest BCUT2D eigenvalue weighted by atomic mass is 10.0. The Balaban J connectivity index is 2.50. The van der Waals surface area contributed by atoms with E-state index < -0.39 is 0 Å². The number of benzene rings is 1. The lowest BCUT2D eigenvalue weighted by molar-refractivity contribution is 0.0778. The van der Waals surface area contributed by atoms with Gasteiger partial charge in [0.05, 0.1) is 13.2 Å². The van der Waals surface area contributed by atoms with Gasteiger partial charge in [0.25, 0.3) is 5.91 Å². The maximum Gasteiger partial charge on any atom is 0.254 e. The van der Waals surface area contributed by atoms with Crippen LogP contribution in [0.3, 0.4) is 0 Å². The summed E-state index contributed by atoms with van der Waals surface area (Å²) in [7, 11) is 3.36. The van der Waals surface area contributed by atoms with Crippen LogP contribution < -0.4 is 10.5 Å². The molecule has 4 heteroatoms. The number of rotatable bonds is 2. The van der Waals surface area contributed by atoms with Crippen molar-refractivity contribution in [3.05, 3.63) is 29.3 Å². The van der Waals surface area contributed by atoms with Gasteiger partial charge in [0.15, 0.2) is 0 Å². The molecule has 80 valence electrons. The second-order valence-electron chi connectivity index (χ2n) is 3.62. The van der Waals surface area contributed by atoms with Crippen LogP contribution in [0.2, 0.25) is 0 Å². The molecule has 1 aliphatic heterocycles. The molecule has 0 aromatic heterocycles. The maximum absolute atomic E-state index is 11.8. The summed E-state index contributed by atoms with van der Waals surface area (Å²) in [6.07, 6.45) is 0. The fourth-order valence-corrected chi connectivity index (χ4v) is 1.96. The number of likely N-dealkylation sites (N-methyl/N-ethyl adjacent to an activating group) is 1. The largest absolute Gasteiger partial charge is 0.497 e. The summed E-state index contributed by atoms with van der Waals surface area (Å²) in [5.41, 5.74) is 7.34. The summed E-state index contributed by atoms with van der Waals surface area (Å²) in [4.78, 5) is 13.5. The average Bonchev–Trinajstić information content (AvgIpc) is 2.51. The van der Waals surface area contributed by atoms with E-state index in [2.05, 4.69) is 0 Å². The minimum atomic E-state index is -0.00148. The zero-order valence-electron chi connectivity index (χ0n) is 8.86. The molecule has 0 aliphatic carbocycles. The maximum atomic E-state index is 11.8. The van der Waals surface area contributed by atoms with E-state index in [1.807, 2.05) is 12.1 Å².